The molecular weight excluding hydrogens is 268 g/mol. The Morgan fingerprint density at radius 1 is 1.14 bits per heavy atom. The summed E-state index contributed by atoms with van der Waals surface area (Å²) < 4.78 is 5.36. The molecule has 0 bridgehead atoms. The minimum Gasteiger partial charge on any atom is -0.392 e. The lowest BCUT2D eigenvalue weighted by atomic mass is 9.92. The van der Waals surface area contributed by atoms with Crippen molar-refractivity contribution in [3.05, 3.63) is 0 Å². The van der Waals surface area contributed by atoms with E-state index in [9.17, 15) is 15.3 Å². The predicted octanol–water partition coefficient (Wildman–Crippen LogP) is 1.82. The van der Waals surface area contributed by atoms with E-state index in [4.69, 9.17) is 4.74 Å². The van der Waals surface area contributed by atoms with E-state index in [2.05, 4.69) is 18.8 Å². The molecule has 120 valence electrons. The van der Waals surface area contributed by atoms with Crippen molar-refractivity contribution in [3.63, 3.8) is 0 Å². The van der Waals surface area contributed by atoms with Gasteiger partial charge in [-0.25, -0.2) is 0 Å². The van der Waals surface area contributed by atoms with E-state index in [0.717, 1.165) is 12.8 Å². The zero-order valence-corrected chi connectivity index (χ0v) is 12.9. The van der Waals surface area contributed by atoms with Crippen molar-refractivity contribution in [3.8, 4) is 11.8 Å². The number of hydrogen-bond acceptors (Lipinski definition) is 4. The molecule has 0 amide bonds. The van der Waals surface area contributed by atoms with E-state index in [-0.39, 0.29) is 17.9 Å². The molecule has 21 heavy (non-hydrogen) atoms. The molecule has 3 N–H and O–H groups in total. The smallest absolute Gasteiger partial charge is 0.155 e. The van der Waals surface area contributed by atoms with E-state index in [0.29, 0.717) is 19.3 Å². The first kappa shape index (κ1) is 16.8. The number of unbranched alkanes of at least 4 members (excludes halogenated alkanes) is 4. The van der Waals surface area contributed by atoms with Crippen LogP contribution in [0.2, 0.25) is 0 Å². The van der Waals surface area contributed by atoms with Crippen LogP contribution >= 0.6 is 0 Å². The number of rotatable bonds is 6. The van der Waals surface area contributed by atoms with Crippen LogP contribution in [0.4, 0.5) is 0 Å². The Morgan fingerprint density at radius 3 is 2.67 bits per heavy atom. The highest BCUT2D eigenvalue weighted by molar-refractivity contribution is 5.15. The standard InChI is InChI=1S/C17H28O4/c1-2-3-4-5-6-7-12(18)8-9-13-14-10-17(20)21-16(14)11-15(13)19/h12-20H,2-7,10-11H2,1H3. The van der Waals surface area contributed by atoms with Gasteiger partial charge >= 0.3 is 0 Å². The van der Waals surface area contributed by atoms with Crippen LogP contribution in [0.3, 0.4) is 0 Å². The summed E-state index contributed by atoms with van der Waals surface area (Å²) in [5.74, 6) is 5.83. The van der Waals surface area contributed by atoms with Crippen LogP contribution in [-0.2, 0) is 4.74 Å². The molecule has 0 spiro atoms. The molecule has 6 atom stereocenters. The molecule has 1 saturated carbocycles. The third kappa shape index (κ3) is 4.69. The van der Waals surface area contributed by atoms with E-state index in [1.54, 1.807) is 0 Å². The Bertz CT molecular complexity index is 373. The highest BCUT2D eigenvalue weighted by Crippen LogP contribution is 2.42. The van der Waals surface area contributed by atoms with Crippen molar-refractivity contribution in [2.24, 2.45) is 11.8 Å². The van der Waals surface area contributed by atoms with E-state index < -0.39 is 18.5 Å². The minimum absolute atomic E-state index is 0.0829. The zero-order valence-electron chi connectivity index (χ0n) is 12.9. The summed E-state index contributed by atoms with van der Waals surface area (Å²) in [6.45, 7) is 2.18. The molecule has 0 aromatic rings. The van der Waals surface area contributed by atoms with Gasteiger partial charge in [0, 0.05) is 18.8 Å². The highest BCUT2D eigenvalue weighted by Gasteiger charge is 2.48. The summed E-state index contributed by atoms with van der Waals surface area (Å²) in [6.07, 6.45) is 5.69. The number of hydrogen-bond donors (Lipinski definition) is 3. The molecular formula is C17H28O4. The van der Waals surface area contributed by atoms with Gasteiger partial charge in [0.15, 0.2) is 6.29 Å². The van der Waals surface area contributed by atoms with Crippen LogP contribution in [0.15, 0.2) is 0 Å². The number of aliphatic hydroxyl groups is 3. The Kier molecular flexibility index (Phi) is 6.50. The fraction of sp³-hybridized carbons (Fsp3) is 0.882. The van der Waals surface area contributed by atoms with E-state index in [1.165, 1.54) is 19.3 Å². The highest BCUT2D eigenvalue weighted by atomic mass is 16.6. The van der Waals surface area contributed by atoms with Crippen LogP contribution in [0, 0.1) is 23.7 Å². The third-order valence-electron chi connectivity index (χ3n) is 4.63. The average molecular weight is 296 g/mol. The molecule has 2 aliphatic rings. The van der Waals surface area contributed by atoms with Crippen molar-refractivity contribution in [2.75, 3.05) is 0 Å². The summed E-state index contributed by atoms with van der Waals surface area (Å²) in [7, 11) is 0. The molecule has 2 fully saturated rings. The second-order valence-corrected chi connectivity index (χ2v) is 6.36. The molecule has 0 radical (unpaired) electrons. The zero-order chi connectivity index (χ0) is 15.2. The molecule has 0 aromatic heterocycles. The van der Waals surface area contributed by atoms with Gasteiger partial charge in [-0.15, -0.1) is 0 Å². The third-order valence-corrected chi connectivity index (χ3v) is 4.63. The SMILES string of the molecule is CCCCCCCC(O)C#CC1C(O)CC2OC(O)CC21. The average Bonchev–Trinajstić information content (AvgIpc) is 2.91. The number of fused-ring (bicyclic) bond motifs is 1. The second kappa shape index (κ2) is 8.14. The van der Waals surface area contributed by atoms with Crippen LogP contribution in [0.5, 0.6) is 0 Å². The Labute approximate surface area is 127 Å². The predicted molar refractivity (Wildman–Crippen MR) is 80.3 cm³/mol. The van der Waals surface area contributed by atoms with Gasteiger partial charge < -0.3 is 20.1 Å². The van der Waals surface area contributed by atoms with Gasteiger partial charge in [0.25, 0.3) is 0 Å². The molecule has 2 rings (SSSR count). The first-order chi connectivity index (χ1) is 10.1. The number of aliphatic hydroxyl groups excluding tert-OH is 3. The second-order valence-electron chi connectivity index (χ2n) is 6.36. The molecule has 1 aliphatic heterocycles. The quantitative estimate of drug-likeness (QED) is 0.516. The maximum atomic E-state index is 10.0. The summed E-state index contributed by atoms with van der Waals surface area (Å²) in [5, 5.41) is 29.4. The maximum absolute atomic E-state index is 10.0. The summed E-state index contributed by atoms with van der Waals surface area (Å²) >= 11 is 0. The fourth-order valence-corrected chi connectivity index (χ4v) is 3.43. The van der Waals surface area contributed by atoms with Gasteiger partial charge in [0.1, 0.15) is 6.10 Å². The van der Waals surface area contributed by atoms with Gasteiger partial charge in [0.2, 0.25) is 0 Å². The Balaban J connectivity index is 1.75. The minimum atomic E-state index is -0.722. The molecule has 1 heterocycles. The van der Waals surface area contributed by atoms with Crippen molar-refractivity contribution in [2.45, 2.75) is 82.9 Å². The Morgan fingerprint density at radius 2 is 1.90 bits per heavy atom. The Hall–Kier alpha value is -0.600. The molecule has 1 saturated heterocycles. The lowest BCUT2D eigenvalue weighted by Gasteiger charge is -2.13. The van der Waals surface area contributed by atoms with Crippen LogP contribution in [-0.4, -0.2) is 39.9 Å². The van der Waals surface area contributed by atoms with E-state index in [1.807, 2.05) is 0 Å². The molecule has 6 unspecified atom stereocenters. The van der Waals surface area contributed by atoms with Gasteiger partial charge in [-0.3, -0.25) is 0 Å². The normalized spacial score (nSPS) is 36.1. The molecule has 0 aromatic carbocycles. The van der Waals surface area contributed by atoms with Gasteiger partial charge in [-0.1, -0.05) is 44.4 Å². The van der Waals surface area contributed by atoms with Crippen molar-refractivity contribution in [1.29, 1.82) is 0 Å². The summed E-state index contributed by atoms with van der Waals surface area (Å²) in [5.41, 5.74) is 0. The van der Waals surface area contributed by atoms with Crippen molar-refractivity contribution >= 4 is 0 Å². The van der Waals surface area contributed by atoms with Crippen LogP contribution in [0.25, 0.3) is 0 Å². The molecule has 4 nitrogen and oxygen atoms in total. The van der Waals surface area contributed by atoms with Gasteiger partial charge in [-0.05, 0) is 12.8 Å². The first-order valence-electron chi connectivity index (χ1n) is 8.32. The summed E-state index contributed by atoms with van der Waals surface area (Å²) in [6, 6.07) is 0. The largest absolute Gasteiger partial charge is 0.392 e. The van der Waals surface area contributed by atoms with Gasteiger partial charge in [0.05, 0.1) is 18.1 Å². The topological polar surface area (TPSA) is 69.9 Å². The maximum Gasteiger partial charge on any atom is 0.155 e. The van der Waals surface area contributed by atoms with Crippen molar-refractivity contribution in [1.82, 2.24) is 0 Å². The lowest BCUT2D eigenvalue weighted by molar-refractivity contribution is -0.0949. The van der Waals surface area contributed by atoms with Crippen LogP contribution < -0.4 is 0 Å². The fourth-order valence-electron chi connectivity index (χ4n) is 3.43. The summed E-state index contributed by atoms with van der Waals surface area (Å²) in [4.78, 5) is 0. The number of ether oxygens (including phenoxy) is 1. The molecule has 4 heteroatoms. The lowest BCUT2D eigenvalue weighted by Crippen LogP contribution is -2.19. The first-order valence-corrected chi connectivity index (χ1v) is 8.32. The van der Waals surface area contributed by atoms with Crippen molar-refractivity contribution < 1.29 is 20.1 Å². The van der Waals surface area contributed by atoms with E-state index >= 15 is 0 Å². The van der Waals surface area contributed by atoms with Gasteiger partial charge in [-0.2, -0.15) is 0 Å². The van der Waals surface area contributed by atoms with Crippen LogP contribution in [0.1, 0.15) is 58.3 Å². The molecule has 1 aliphatic carbocycles. The monoisotopic (exact) mass is 296 g/mol.